The lowest BCUT2D eigenvalue weighted by atomic mass is 10.1. The van der Waals surface area contributed by atoms with E-state index >= 15 is 0 Å². The van der Waals surface area contributed by atoms with E-state index < -0.39 is 0 Å². The van der Waals surface area contributed by atoms with Crippen LogP contribution in [-0.2, 0) is 9.53 Å². The number of anilines is 1. The van der Waals surface area contributed by atoms with E-state index in [1.165, 1.54) is 0 Å². The highest BCUT2D eigenvalue weighted by atomic mass is 16.5. The highest BCUT2D eigenvalue weighted by molar-refractivity contribution is 5.91. The summed E-state index contributed by atoms with van der Waals surface area (Å²) in [5.74, 6) is -0.0204. The van der Waals surface area contributed by atoms with Gasteiger partial charge in [-0.3, -0.25) is 4.79 Å². The first-order chi connectivity index (χ1) is 8.69. The van der Waals surface area contributed by atoms with Crippen molar-refractivity contribution < 1.29 is 9.53 Å². The Morgan fingerprint density at radius 2 is 2.11 bits per heavy atom. The summed E-state index contributed by atoms with van der Waals surface area (Å²) in [5, 5.41) is 6.27. The smallest absolute Gasteiger partial charge is 0.226 e. The number of amides is 1. The molecule has 0 fully saturated rings. The Labute approximate surface area is 109 Å². The molecule has 0 spiro atoms. The molecule has 1 atom stereocenters. The molecule has 0 aliphatic carbocycles. The number of rotatable bonds is 7. The van der Waals surface area contributed by atoms with Crippen LogP contribution in [0.25, 0.3) is 0 Å². The quantitative estimate of drug-likeness (QED) is 0.781. The summed E-state index contributed by atoms with van der Waals surface area (Å²) in [6.07, 6.45) is 0.375. The van der Waals surface area contributed by atoms with Crippen LogP contribution in [0.5, 0.6) is 0 Å². The lowest BCUT2D eigenvalue weighted by Crippen LogP contribution is -2.21. The van der Waals surface area contributed by atoms with Crippen LogP contribution in [-0.4, -0.2) is 26.2 Å². The molecule has 18 heavy (non-hydrogen) atoms. The predicted molar refractivity (Wildman–Crippen MR) is 73.7 cm³/mol. The van der Waals surface area contributed by atoms with E-state index in [1.807, 2.05) is 24.3 Å². The number of carbonyl (C=O) groups excluding carboxylic acids is 1. The summed E-state index contributed by atoms with van der Waals surface area (Å²) in [7, 11) is 1.59. The lowest BCUT2D eigenvalue weighted by molar-refractivity contribution is -0.117. The first-order valence-electron chi connectivity index (χ1n) is 6.30. The lowest BCUT2D eigenvalue weighted by Gasteiger charge is -2.17. The third kappa shape index (κ3) is 4.47. The van der Waals surface area contributed by atoms with Crippen molar-refractivity contribution in [1.29, 1.82) is 0 Å². The molecule has 2 N–H and O–H groups in total. The number of carbonyl (C=O) groups is 1. The molecule has 1 unspecified atom stereocenters. The first-order valence-corrected chi connectivity index (χ1v) is 6.30. The van der Waals surface area contributed by atoms with Gasteiger partial charge in [-0.1, -0.05) is 25.1 Å². The van der Waals surface area contributed by atoms with Gasteiger partial charge >= 0.3 is 0 Å². The Morgan fingerprint density at radius 1 is 1.39 bits per heavy atom. The second-order valence-electron chi connectivity index (χ2n) is 4.16. The fourth-order valence-electron chi connectivity index (χ4n) is 1.81. The van der Waals surface area contributed by atoms with Crippen LogP contribution in [0.2, 0.25) is 0 Å². The minimum atomic E-state index is -0.0204. The van der Waals surface area contributed by atoms with Crippen molar-refractivity contribution >= 4 is 11.6 Å². The maximum atomic E-state index is 11.7. The molecule has 0 aliphatic rings. The number of nitrogens with one attached hydrogen (secondary N) is 2. The largest absolute Gasteiger partial charge is 0.384 e. The molecule has 1 rings (SSSR count). The Kier molecular flexibility index (Phi) is 6.39. The van der Waals surface area contributed by atoms with Crippen LogP contribution in [0.1, 0.15) is 31.9 Å². The van der Waals surface area contributed by atoms with Gasteiger partial charge in [0.25, 0.3) is 0 Å². The Balaban J connectivity index is 2.72. The summed E-state index contributed by atoms with van der Waals surface area (Å²) in [6, 6.07) is 8.07. The molecule has 1 aromatic rings. The molecular weight excluding hydrogens is 228 g/mol. The molecule has 0 saturated heterocycles. The SMILES string of the molecule is CCNC(C)c1ccccc1NC(=O)CCOC. The minimum absolute atomic E-state index is 0.0204. The summed E-state index contributed by atoms with van der Waals surface area (Å²) in [4.78, 5) is 11.7. The summed E-state index contributed by atoms with van der Waals surface area (Å²) in [5.41, 5.74) is 1.97. The second-order valence-corrected chi connectivity index (χ2v) is 4.16. The van der Waals surface area contributed by atoms with E-state index in [-0.39, 0.29) is 11.9 Å². The molecule has 0 radical (unpaired) electrons. The number of methoxy groups -OCH3 is 1. The molecule has 1 aromatic carbocycles. The zero-order valence-electron chi connectivity index (χ0n) is 11.3. The third-order valence-corrected chi connectivity index (χ3v) is 2.74. The monoisotopic (exact) mass is 250 g/mol. The van der Waals surface area contributed by atoms with Crippen LogP contribution >= 0.6 is 0 Å². The zero-order chi connectivity index (χ0) is 13.4. The van der Waals surface area contributed by atoms with Crippen LogP contribution in [0.15, 0.2) is 24.3 Å². The van der Waals surface area contributed by atoms with Gasteiger partial charge in [0.2, 0.25) is 5.91 Å². The van der Waals surface area contributed by atoms with E-state index in [2.05, 4.69) is 24.5 Å². The maximum absolute atomic E-state index is 11.7. The van der Waals surface area contributed by atoms with E-state index in [0.717, 1.165) is 17.8 Å². The second kappa shape index (κ2) is 7.84. The number of hydrogen-bond donors (Lipinski definition) is 2. The van der Waals surface area contributed by atoms with Crippen molar-refractivity contribution in [3.05, 3.63) is 29.8 Å². The van der Waals surface area contributed by atoms with Gasteiger partial charge in [0.05, 0.1) is 13.0 Å². The topological polar surface area (TPSA) is 50.4 Å². The van der Waals surface area contributed by atoms with Crippen molar-refractivity contribution in [3.8, 4) is 0 Å². The molecule has 0 bridgehead atoms. The van der Waals surface area contributed by atoms with Gasteiger partial charge in [0.1, 0.15) is 0 Å². The normalized spacial score (nSPS) is 12.2. The molecule has 4 heteroatoms. The zero-order valence-corrected chi connectivity index (χ0v) is 11.3. The predicted octanol–water partition coefficient (Wildman–Crippen LogP) is 2.33. The van der Waals surface area contributed by atoms with E-state index in [0.29, 0.717) is 13.0 Å². The van der Waals surface area contributed by atoms with Crippen LogP contribution in [0, 0.1) is 0 Å². The maximum Gasteiger partial charge on any atom is 0.226 e. The Hall–Kier alpha value is -1.39. The highest BCUT2D eigenvalue weighted by Crippen LogP contribution is 2.22. The Bertz CT molecular complexity index is 380. The van der Waals surface area contributed by atoms with Crippen molar-refractivity contribution in [1.82, 2.24) is 5.32 Å². The average molecular weight is 250 g/mol. The number of para-hydroxylation sites is 1. The van der Waals surface area contributed by atoms with Crippen molar-refractivity contribution in [2.75, 3.05) is 25.6 Å². The van der Waals surface area contributed by atoms with Gasteiger partial charge in [0.15, 0.2) is 0 Å². The molecule has 100 valence electrons. The molecular formula is C14H22N2O2. The molecule has 0 heterocycles. The van der Waals surface area contributed by atoms with Crippen LogP contribution < -0.4 is 10.6 Å². The molecule has 0 aromatic heterocycles. The van der Waals surface area contributed by atoms with Crippen LogP contribution in [0.3, 0.4) is 0 Å². The number of benzene rings is 1. The summed E-state index contributed by atoms with van der Waals surface area (Å²) < 4.78 is 4.89. The van der Waals surface area contributed by atoms with Gasteiger partial charge in [-0.2, -0.15) is 0 Å². The highest BCUT2D eigenvalue weighted by Gasteiger charge is 2.11. The standard InChI is InChI=1S/C14H22N2O2/c1-4-15-11(2)12-7-5-6-8-13(12)16-14(17)9-10-18-3/h5-8,11,15H,4,9-10H2,1-3H3,(H,16,17). The summed E-state index contributed by atoms with van der Waals surface area (Å²) in [6.45, 7) is 5.49. The van der Waals surface area contributed by atoms with E-state index in [1.54, 1.807) is 7.11 Å². The first kappa shape index (κ1) is 14.7. The van der Waals surface area contributed by atoms with Gasteiger partial charge in [-0.25, -0.2) is 0 Å². The molecule has 0 saturated carbocycles. The number of hydrogen-bond acceptors (Lipinski definition) is 3. The molecule has 0 aliphatic heterocycles. The van der Waals surface area contributed by atoms with Crippen molar-refractivity contribution in [2.45, 2.75) is 26.3 Å². The van der Waals surface area contributed by atoms with Crippen LogP contribution in [0.4, 0.5) is 5.69 Å². The molecule has 1 amide bonds. The summed E-state index contributed by atoms with van der Waals surface area (Å²) >= 11 is 0. The van der Waals surface area contributed by atoms with Gasteiger partial charge < -0.3 is 15.4 Å². The number of ether oxygens (including phenoxy) is 1. The minimum Gasteiger partial charge on any atom is -0.384 e. The fraction of sp³-hybridized carbons (Fsp3) is 0.500. The third-order valence-electron chi connectivity index (χ3n) is 2.74. The average Bonchev–Trinajstić information content (AvgIpc) is 2.37. The fourth-order valence-corrected chi connectivity index (χ4v) is 1.81. The van der Waals surface area contributed by atoms with Gasteiger partial charge in [-0.05, 0) is 25.1 Å². The molecule has 4 nitrogen and oxygen atoms in total. The Morgan fingerprint density at radius 3 is 2.78 bits per heavy atom. The van der Waals surface area contributed by atoms with E-state index in [4.69, 9.17) is 4.74 Å². The van der Waals surface area contributed by atoms with Gasteiger partial charge in [0, 0.05) is 18.8 Å². The van der Waals surface area contributed by atoms with Gasteiger partial charge in [-0.15, -0.1) is 0 Å². The van der Waals surface area contributed by atoms with Crippen molar-refractivity contribution in [3.63, 3.8) is 0 Å². The van der Waals surface area contributed by atoms with Crippen molar-refractivity contribution in [2.24, 2.45) is 0 Å². The van der Waals surface area contributed by atoms with E-state index in [9.17, 15) is 4.79 Å².